The van der Waals surface area contributed by atoms with E-state index in [0.29, 0.717) is 60.4 Å². The lowest BCUT2D eigenvalue weighted by atomic mass is 9.90. The number of hydrogen-bond donors (Lipinski definition) is 5. The van der Waals surface area contributed by atoms with Crippen LogP contribution in [0.5, 0.6) is 11.5 Å². The Balaban J connectivity index is 0.906. The van der Waals surface area contributed by atoms with Gasteiger partial charge in [-0.25, -0.2) is 13.4 Å². The van der Waals surface area contributed by atoms with Crippen molar-refractivity contribution < 1.29 is 32.3 Å². The van der Waals surface area contributed by atoms with E-state index in [4.69, 9.17) is 21.1 Å². The Morgan fingerprint density at radius 2 is 1.70 bits per heavy atom. The van der Waals surface area contributed by atoms with Gasteiger partial charge in [0, 0.05) is 88.2 Å². The molecule has 17 nitrogen and oxygen atoms in total. The van der Waals surface area contributed by atoms with Crippen LogP contribution in [-0.4, -0.2) is 118 Å². The van der Waals surface area contributed by atoms with Gasteiger partial charge in [-0.2, -0.15) is 4.98 Å². The number of sulfonamides is 1. The predicted octanol–water partition coefficient (Wildman–Crippen LogP) is 5.70. The SMILES string of the molecule is CCc1cc(Nc2ncc(Cl)c(Nc3ccc(OC)cc3NS(C)(=O)=O)n2)c(OC)cc1N1CCC(N2CCN(CCC(=O)Nc3cccc(C4CCC(=O)NC4=O)c3)CC2)CC1. The summed E-state index contributed by atoms with van der Waals surface area (Å²) in [7, 11) is -0.465. The van der Waals surface area contributed by atoms with E-state index in [1.165, 1.54) is 13.3 Å². The van der Waals surface area contributed by atoms with Gasteiger partial charge in [0.2, 0.25) is 33.7 Å². The number of piperazine rings is 1. The first kappa shape index (κ1) is 45.3. The molecule has 7 rings (SSSR count). The molecular weight excluding hydrogens is 848 g/mol. The van der Waals surface area contributed by atoms with Crippen LogP contribution in [0.25, 0.3) is 0 Å². The summed E-state index contributed by atoms with van der Waals surface area (Å²) in [6.07, 6.45) is 6.55. The van der Waals surface area contributed by atoms with Crippen LogP contribution in [0.15, 0.2) is 60.8 Å². The van der Waals surface area contributed by atoms with Gasteiger partial charge in [0.15, 0.2) is 5.82 Å². The number of benzene rings is 3. The highest BCUT2D eigenvalue weighted by atomic mass is 35.5. The van der Waals surface area contributed by atoms with Gasteiger partial charge < -0.3 is 35.2 Å². The summed E-state index contributed by atoms with van der Waals surface area (Å²) in [5.41, 5.74) is 5.11. The fourth-order valence-corrected chi connectivity index (χ4v) is 9.12. The Labute approximate surface area is 373 Å². The molecule has 0 radical (unpaired) electrons. The zero-order valence-electron chi connectivity index (χ0n) is 36.0. The largest absolute Gasteiger partial charge is 0.497 e. The number of nitrogens with one attached hydrogen (secondary N) is 5. The normalized spacial score (nSPS) is 17.8. The Bertz CT molecular complexity index is 2420. The van der Waals surface area contributed by atoms with Crippen LogP contribution in [0.3, 0.4) is 0 Å². The van der Waals surface area contributed by atoms with Crippen molar-refractivity contribution in [2.24, 2.45) is 0 Å². The summed E-state index contributed by atoms with van der Waals surface area (Å²) in [5.74, 6) is 0.634. The van der Waals surface area contributed by atoms with Crippen LogP contribution >= 0.6 is 11.6 Å². The van der Waals surface area contributed by atoms with Crippen molar-refractivity contribution in [3.05, 3.63) is 76.9 Å². The minimum absolute atomic E-state index is 0.0657. The highest BCUT2D eigenvalue weighted by Gasteiger charge is 2.30. The molecule has 336 valence electrons. The van der Waals surface area contributed by atoms with Crippen molar-refractivity contribution in [3.8, 4) is 11.5 Å². The summed E-state index contributed by atoms with van der Waals surface area (Å²) >= 11 is 6.50. The minimum atomic E-state index is -3.59. The van der Waals surface area contributed by atoms with Gasteiger partial charge >= 0.3 is 0 Å². The zero-order chi connectivity index (χ0) is 44.7. The van der Waals surface area contributed by atoms with Crippen molar-refractivity contribution in [2.45, 2.75) is 57.4 Å². The third kappa shape index (κ3) is 11.7. The minimum Gasteiger partial charge on any atom is -0.497 e. The molecule has 0 spiro atoms. The first-order valence-electron chi connectivity index (χ1n) is 21.2. The van der Waals surface area contributed by atoms with E-state index >= 15 is 0 Å². The average Bonchev–Trinajstić information content (AvgIpc) is 3.27. The number of carbonyl (C=O) groups excluding carboxylic acids is 3. The van der Waals surface area contributed by atoms with E-state index in [1.807, 2.05) is 24.3 Å². The molecule has 1 atom stereocenters. The standard InChI is InChI=1S/C44H55ClN10O7S/c1-5-28-24-37(49-44-46-27-34(45)42(51-44)48-35-11-9-32(61-2)25-36(35)52-63(4,59)60)39(62-3)26-38(28)55-17-13-31(14-18-55)54-21-19-53(20-22-54)16-15-41(57)47-30-8-6-7-29(23-30)33-10-12-40(56)50-43(33)58/h6-9,11,23-27,31,33,52H,5,10,12-22H2,1-4H3,(H,47,57)(H,50,56,58)(H2,46,48,49,51). The van der Waals surface area contributed by atoms with Gasteiger partial charge in [-0.15, -0.1) is 0 Å². The van der Waals surface area contributed by atoms with Gasteiger partial charge in [-0.1, -0.05) is 30.7 Å². The van der Waals surface area contributed by atoms with Crippen LogP contribution in [0, 0.1) is 0 Å². The molecule has 4 heterocycles. The molecule has 3 fully saturated rings. The maximum atomic E-state index is 12.9. The first-order valence-corrected chi connectivity index (χ1v) is 23.4. The van der Waals surface area contributed by atoms with Crippen LogP contribution < -0.4 is 40.4 Å². The molecule has 0 bridgehead atoms. The number of piperidine rings is 2. The van der Waals surface area contributed by atoms with Crippen LogP contribution in [-0.2, 0) is 30.8 Å². The molecule has 4 aromatic rings. The molecule has 3 aliphatic rings. The molecule has 3 amide bonds. The van der Waals surface area contributed by atoms with E-state index in [1.54, 1.807) is 25.3 Å². The average molecular weight is 904 g/mol. The quantitative estimate of drug-likeness (QED) is 0.0858. The summed E-state index contributed by atoms with van der Waals surface area (Å²) in [5, 5.41) is 12.0. The molecule has 63 heavy (non-hydrogen) atoms. The summed E-state index contributed by atoms with van der Waals surface area (Å²) in [6, 6.07) is 16.9. The molecule has 0 aliphatic carbocycles. The number of aromatic nitrogens is 2. The lowest BCUT2D eigenvalue weighted by molar-refractivity contribution is -0.134. The van der Waals surface area contributed by atoms with E-state index in [0.717, 1.165) is 81.6 Å². The number of halogens is 1. The predicted molar refractivity (Wildman–Crippen MR) is 246 cm³/mol. The molecule has 3 aliphatic heterocycles. The van der Waals surface area contributed by atoms with Gasteiger partial charge in [0.25, 0.3) is 0 Å². The van der Waals surface area contributed by atoms with Crippen molar-refractivity contribution in [1.82, 2.24) is 25.1 Å². The molecule has 3 saturated heterocycles. The maximum absolute atomic E-state index is 12.9. The molecular formula is C44H55ClN10O7S. The maximum Gasteiger partial charge on any atom is 0.234 e. The molecule has 3 aromatic carbocycles. The van der Waals surface area contributed by atoms with E-state index < -0.39 is 15.9 Å². The van der Waals surface area contributed by atoms with E-state index in [9.17, 15) is 22.8 Å². The number of imide groups is 1. The monoisotopic (exact) mass is 902 g/mol. The van der Waals surface area contributed by atoms with Crippen molar-refractivity contribution >= 4 is 79.5 Å². The van der Waals surface area contributed by atoms with Gasteiger partial charge in [-0.05, 0) is 67.1 Å². The third-order valence-corrected chi connectivity index (χ3v) is 12.6. The zero-order valence-corrected chi connectivity index (χ0v) is 37.6. The number of rotatable bonds is 16. The molecule has 0 saturated carbocycles. The van der Waals surface area contributed by atoms with Gasteiger partial charge in [-0.3, -0.25) is 29.3 Å². The number of hydrogen-bond acceptors (Lipinski definition) is 14. The number of ether oxygens (including phenoxy) is 2. The van der Waals surface area contributed by atoms with Crippen LogP contribution in [0.1, 0.15) is 56.1 Å². The molecule has 19 heteroatoms. The second kappa shape index (κ2) is 20.2. The Morgan fingerprint density at radius 3 is 2.40 bits per heavy atom. The van der Waals surface area contributed by atoms with E-state index in [2.05, 4.69) is 69.7 Å². The number of carbonyl (C=O) groups is 3. The molecule has 5 N–H and O–H groups in total. The highest BCUT2D eigenvalue weighted by Crippen LogP contribution is 2.38. The summed E-state index contributed by atoms with van der Waals surface area (Å²) in [4.78, 5) is 53.2. The second-order valence-corrected chi connectivity index (χ2v) is 18.1. The lowest BCUT2D eigenvalue weighted by Crippen LogP contribution is -2.53. The van der Waals surface area contributed by atoms with Crippen molar-refractivity contribution in [2.75, 3.05) is 91.9 Å². The van der Waals surface area contributed by atoms with Crippen LogP contribution in [0.2, 0.25) is 5.02 Å². The Kier molecular flexibility index (Phi) is 14.5. The Hall–Kier alpha value is -5.69. The Morgan fingerprint density at radius 1 is 0.921 bits per heavy atom. The smallest absolute Gasteiger partial charge is 0.234 e. The van der Waals surface area contributed by atoms with Gasteiger partial charge in [0.05, 0.1) is 49.7 Å². The summed E-state index contributed by atoms with van der Waals surface area (Å²) in [6.45, 7) is 8.35. The van der Waals surface area contributed by atoms with Crippen molar-refractivity contribution in [3.63, 3.8) is 0 Å². The third-order valence-electron chi connectivity index (χ3n) is 11.7. The summed E-state index contributed by atoms with van der Waals surface area (Å²) < 4.78 is 37.9. The number of nitrogens with zero attached hydrogens (tertiary/aromatic N) is 5. The topological polar surface area (TPSA) is 199 Å². The number of aryl methyl sites for hydroxylation is 1. The number of amides is 3. The molecule has 1 aromatic heterocycles. The fourth-order valence-electron chi connectivity index (χ4n) is 8.42. The second-order valence-electron chi connectivity index (χ2n) is 16.0. The first-order chi connectivity index (χ1) is 30.3. The number of anilines is 7. The van der Waals surface area contributed by atoms with Crippen LogP contribution in [0.4, 0.5) is 40.2 Å². The van der Waals surface area contributed by atoms with Gasteiger partial charge in [0.1, 0.15) is 16.5 Å². The number of methoxy groups -OCH3 is 2. The van der Waals surface area contributed by atoms with Crippen molar-refractivity contribution in [1.29, 1.82) is 0 Å². The van der Waals surface area contributed by atoms with E-state index in [-0.39, 0.29) is 40.2 Å². The molecule has 1 unspecified atom stereocenters. The highest BCUT2D eigenvalue weighted by molar-refractivity contribution is 7.92. The fraction of sp³-hybridized carbons (Fsp3) is 0.432. The lowest BCUT2D eigenvalue weighted by Gasteiger charge is -2.43.